The topological polar surface area (TPSA) is 40.3 Å². The molecule has 2 aliphatic heterocycles. The van der Waals surface area contributed by atoms with E-state index >= 15 is 4.39 Å². The average molecular weight is 365 g/mol. The zero-order valence-electron chi connectivity index (χ0n) is 15.5. The monoisotopic (exact) mass is 365 g/mol. The lowest BCUT2D eigenvalue weighted by Gasteiger charge is -2.31. The van der Waals surface area contributed by atoms with Crippen LogP contribution in [-0.4, -0.2) is 37.3 Å². The molecule has 0 radical (unpaired) electrons. The Balaban J connectivity index is 1.55. The standard InChI is InChI=1S/C22H24FN3O/c1-14-12-18-16-4-2-3-5-20(16)25-22(18)21(24-14)17-7-6-15(13-19(17)23)26-8-10-27-11-9-26/h2-7,13-14,21,24-25H,8-12H2,1H3/t14-,21?/m0/s1. The summed E-state index contributed by atoms with van der Waals surface area (Å²) >= 11 is 0. The van der Waals surface area contributed by atoms with Crippen LogP contribution in [0.25, 0.3) is 10.9 Å². The molecule has 1 saturated heterocycles. The highest BCUT2D eigenvalue weighted by molar-refractivity contribution is 5.85. The van der Waals surface area contributed by atoms with Gasteiger partial charge in [-0.1, -0.05) is 24.3 Å². The van der Waals surface area contributed by atoms with Gasteiger partial charge < -0.3 is 19.9 Å². The van der Waals surface area contributed by atoms with Crippen molar-refractivity contribution in [2.45, 2.75) is 25.4 Å². The molecule has 0 bridgehead atoms. The Kier molecular flexibility index (Phi) is 4.14. The molecule has 2 atom stereocenters. The van der Waals surface area contributed by atoms with E-state index < -0.39 is 0 Å². The molecule has 3 aromatic rings. The number of para-hydroxylation sites is 1. The lowest BCUT2D eigenvalue weighted by Crippen LogP contribution is -2.38. The number of fused-ring (bicyclic) bond motifs is 3. The first-order chi connectivity index (χ1) is 13.2. The Labute approximate surface area is 158 Å². The van der Waals surface area contributed by atoms with Gasteiger partial charge in [-0.15, -0.1) is 0 Å². The van der Waals surface area contributed by atoms with E-state index in [4.69, 9.17) is 4.74 Å². The van der Waals surface area contributed by atoms with E-state index in [9.17, 15) is 0 Å². The van der Waals surface area contributed by atoms with Gasteiger partial charge >= 0.3 is 0 Å². The summed E-state index contributed by atoms with van der Waals surface area (Å²) in [6, 6.07) is 14.1. The number of rotatable bonds is 2. The van der Waals surface area contributed by atoms with Crippen LogP contribution in [0.4, 0.5) is 10.1 Å². The summed E-state index contributed by atoms with van der Waals surface area (Å²) in [5.74, 6) is -0.157. The van der Waals surface area contributed by atoms with Crippen LogP contribution in [-0.2, 0) is 11.2 Å². The minimum Gasteiger partial charge on any atom is -0.378 e. The highest BCUT2D eigenvalue weighted by Crippen LogP contribution is 2.36. The van der Waals surface area contributed by atoms with Crippen LogP contribution < -0.4 is 10.2 Å². The fourth-order valence-corrected chi connectivity index (χ4v) is 4.43. The lowest BCUT2D eigenvalue weighted by atomic mass is 9.90. The van der Waals surface area contributed by atoms with Crippen molar-refractivity contribution in [3.63, 3.8) is 0 Å². The van der Waals surface area contributed by atoms with Crippen LogP contribution in [0, 0.1) is 5.82 Å². The number of aromatic amines is 1. The lowest BCUT2D eigenvalue weighted by molar-refractivity contribution is 0.122. The second-order valence-electron chi connectivity index (χ2n) is 7.57. The molecule has 0 aliphatic carbocycles. The largest absolute Gasteiger partial charge is 0.378 e. The first kappa shape index (κ1) is 16.8. The molecule has 3 heterocycles. The molecular formula is C22H24FN3O. The van der Waals surface area contributed by atoms with Gasteiger partial charge in [0.2, 0.25) is 0 Å². The molecule has 140 valence electrons. The molecule has 27 heavy (non-hydrogen) atoms. The Morgan fingerprint density at radius 2 is 1.93 bits per heavy atom. The number of nitrogens with one attached hydrogen (secondary N) is 2. The van der Waals surface area contributed by atoms with Crippen LogP contribution in [0.5, 0.6) is 0 Å². The first-order valence-corrected chi connectivity index (χ1v) is 9.68. The van der Waals surface area contributed by atoms with Crippen molar-refractivity contribution in [2.75, 3.05) is 31.2 Å². The maximum atomic E-state index is 15.2. The second kappa shape index (κ2) is 6.66. The summed E-state index contributed by atoms with van der Waals surface area (Å²) in [4.78, 5) is 5.72. The fourth-order valence-electron chi connectivity index (χ4n) is 4.43. The predicted molar refractivity (Wildman–Crippen MR) is 106 cm³/mol. The molecule has 5 rings (SSSR count). The maximum Gasteiger partial charge on any atom is 0.130 e. The fraction of sp³-hybridized carbons (Fsp3) is 0.364. The molecular weight excluding hydrogens is 341 g/mol. The summed E-state index contributed by atoms with van der Waals surface area (Å²) in [7, 11) is 0. The highest BCUT2D eigenvalue weighted by Gasteiger charge is 2.30. The van der Waals surface area contributed by atoms with Gasteiger partial charge in [-0.2, -0.15) is 0 Å². The quantitative estimate of drug-likeness (QED) is 0.726. The normalized spacial score (nSPS) is 22.8. The number of hydrogen-bond donors (Lipinski definition) is 2. The van der Waals surface area contributed by atoms with Crippen molar-refractivity contribution >= 4 is 16.6 Å². The van der Waals surface area contributed by atoms with E-state index in [-0.39, 0.29) is 11.9 Å². The molecule has 0 amide bonds. The van der Waals surface area contributed by atoms with Gasteiger partial charge in [0.1, 0.15) is 5.82 Å². The van der Waals surface area contributed by atoms with Crippen LogP contribution >= 0.6 is 0 Å². The van der Waals surface area contributed by atoms with Crippen molar-refractivity contribution in [3.05, 3.63) is 65.1 Å². The third kappa shape index (κ3) is 2.91. The van der Waals surface area contributed by atoms with Gasteiger partial charge in [0.15, 0.2) is 0 Å². The molecule has 5 heteroatoms. The van der Waals surface area contributed by atoms with Gasteiger partial charge in [-0.3, -0.25) is 0 Å². The van der Waals surface area contributed by atoms with E-state index in [0.29, 0.717) is 24.8 Å². The summed E-state index contributed by atoms with van der Waals surface area (Å²) in [6.45, 7) is 5.18. The molecule has 2 aromatic carbocycles. The highest BCUT2D eigenvalue weighted by atomic mass is 19.1. The Morgan fingerprint density at radius 1 is 1.11 bits per heavy atom. The molecule has 2 aliphatic rings. The van der Waals surface area contributed by atoms with Gasteiger partial charge in [0.25, 0.3) is 0 Å². The number of benzene rings is 2. The van der Waals surface area contributed by atoms with Crippen LogP contribution in [0.15, 0.2) is 42.5 Å². The number of hydrogen-bond acceptors (Lipinski definition) is 3. The number of halogens is 1. The van der Waals surface area contributed by atoms with E-state index in [1.54, 1.807) is 6.07 Å². The second-order valence-corrected chi connectivity index (χ2v) is 7.57. The average Bonchev–Trinajstić information content (AvgIpc) is 3.07. The Hall–Kier alpha value is -2.37. The van der Waals surface area contributed by atoms with Gasteiger partial charge in [0.05, 0.1) is 19.3 Å². The predicted octanol–water partition coefficient (Wildman–Crippen LogP) is 3.77. The molecule has 2 N–H and O–H groups in total. The summed E-state index contributed by atoms with van der Waals surface area (Å²) < 4.78 is 20.6. The number of morpholine rings is 1. The van der Waals surface area contributed by atoms with Crippen molar-refractivity contribution in [1.29, 1.82) is 0 Å². The van der Waals surface area contributed by atoms with Crippen LogP contribution in [0.2, 0.25) is 0 Å². The van der Waals surface area contributed by atoms with Crippen molar-refractivity contribution in [1.82, 2.24) is 10.3 Å². The van der Waals surface area contributed by atoms with Crippen molar-refractivity contribution in [2.24, 2.45) is 0 Å². The smallest absolute Gasteiger partial charge is 0.130 e. The van der Waals surface area contributed by atoms with E-state index in [1.165, 1.54) is 10.9 Å². The molecule has 1 unspecified atom stereocenters. The van der Waals surface area contributed by atoms with Crippen molar-refractivity contribution in [3.8, 4) is 0 Å². The van der Waals surface area contributed by atoms with Crippen LogP contribution in [0.3, 0.4) is 0 Å². The van der Waals surface area contributed by atoms with E-state index in [0.717, 1.165) is 36.4 Å². The van der Waals surface area contributed by atoms with E-state index in [2.05, 4.69) is 40.3 Å². The molecule has 1 fully saturated rings. The third-order valence-corrected chi connectivity index (χ3v) is 5.77. The third-order valence-electron chi connectivity index (χ3n) is 5.77. The molecule has 0 saturated carbocycles. The Bertz CT molecular complexity index is 977. The SMILES string of the molecule is C[C@H]1Cc2c([nH]c3ccccc23)C(c2ccc(N3CCOCC3)cc2F)N1. The van der Waals surface area contributed by atoms with Gasteiger partial charge in [0, 0.05) is 47.0 Å². The number of ether oxygens (including phenoxy) is 1. The maximum absolute atomic E-state index is 15.2. The summed E-state index contributed by atoms with van der Waals surface area (Å²) in [5, 5.41) is 4.83. The number of aromatic nitrogens is 1. The number of H-pyrrole nitrogens is 1. The van der Waals surface area contributed by atoms with Crippen molar-refractivity contribution < 1.29 is 9.13 Å². The molecule has 1 aromatic heterocycles. The molecule has 0 spiro atoms. The zero-order chi connectivity index (χ0) is 18.4. The summed E-state index contributed by atoms with van der Waals surface area (Å²) in [5.41, 5.74) is 5.14. The molecule has 4 nitrogen and oxygen atoms in total. The summed E-state index contributed by atoms with van der Waals surface area (Å²) in [6.07, 6.45) is 0.948. The number of nitrogens with zero attached hydrogens (tertiary/aromatic N) is 1. The minimum atomic E-state index is -0.158. The Morgan fingerprint density at radius 3 is 2.74 bits per heavy atom. The minimum absolute atomic E-state index is 0.157. The zero-order valence-corrected chi connectivity index (χ0v) is 15.5. The van der Waals surface area contributed by atoms with Crippen LogP contribution in [0.1, 0.15) is 29.8 Å². The number of anilines is 1. The van der Waals surface area contributed by atoms with Gasteiger partial charge in [-0.25, -0.2) is 4.39 Å². The van der Waals surface area contributed by atoms with Gasteiger partial charge in [-0.05, 0) is 37.1 Å². The van der Waals surface area contributed by atoms with E-state index in [1.807, 2.05) is 18.2 Å². The first-order valence-electron chi connectivity index (χ1n) is 9.68.